The van der Waals surface area contributed by atoms with Gasteiger partial charge in [-0.3, -0.25) is 0 Å². The van der Waals surface area contributed by atoms with E-state index in [9.17, 15) is 0 Å². The van der Waals surface area contributed by atoms with Crippen molar-refractivity contribution >= 4 is 54.7 Å². The quantitative estimate of drug-likeness (QED) is 0.172. The van der Waals surface area contributed by atoms with E-state index in [1.54, 1.807) is 0 Å². The number of fused-ring (bicyclic) bond motifs is 6. The SMILES string of the molecule is C1=CC(c2cccc3ccccc23)CC=C1N(c1ccccc1)c1cccc(-c2ccc3c(ccc4c3c3ccccc3n4-c3ccccc3)c2)c1. The standard InChI is InChI=1S/C50H36N2/c1-3-16-40(17-4-1)51(42-29-25-36(26-30-42)45-23-12-14-35-13-7-8-21-44(35)45)43-20-11-15-37(34-43)38-27-31-46-39(33-38)28-32-49-50(46)47-22-9-10-24-48(47)52(49)41-18-5-2-6-19-41/h1-25,27-34,36H,26H2. The number of hydrogen-bond acceptors (Lipinski definition) is 1. The first-order valence-electron chi connectivity index (χ1n) is 18.1. The molecule has 0 saturated carbocycles. The molecule has 0 aliphatic heterocycles. The first kappa shape index (κ1) is 30.2. The maximum absolute atomic E-state index is 2.40. The van der Waals surface area contributed by atoms with Gasteiger partial charge in [-0.15, -0.1) is 0 Å². The Bertz CT molecular complexity index is 2820. The summed E-state index contributed by atoms with van der Waals surface area (Å²) in [4.78, 5) is 2.39. The molecule has 1 aliphatic carbocycles. The molecular weight excluding hydrogens is 629 g/mol. The molecule has 2 heteroatoms. The van der Waals surface area contributed by atoms with Crippen LogP contribution < -0.4 is 4.90 Å². The van der Waals surface area contributed by atoms with Crippen LogP contribution in [0.3, 0.4) is 0 Å². The second-order valence-corrected chi connectivity index (χ2v) is 13.7. The number of allylic oxidation sites excluding steroid dienone is 3. The highest BCUT2D eigenvalue weighted by molar-refractivity contribution is 6.21. The molecule has 52 heavy (non-hydrogen) atoms. The van der Waals surface area contributed by atoms with Gasteiger partial charge < -0.3 is 9.47 Å². The summed E-state index contributed by atoms with van der Waals surface area (Å²) in [5, 5.41) is 7.71. The van der Waals surface area contributed by atoms with Crippen LogP contribution >= 0.6 is 0 Å². The number of benzene rings is 8. The average molecular weight is 665 g/mol. The van der Waals surface area contributed by atoms with Crippen LogP contribution in [-0.2, 0) is 0 Å². The van der Waals surface area contributed by atoms with Gasteiger partial charge in [-0.2, -0.15) is 0 Å². The van der Waals surface area contributed by atoms with E-state index in [1.807, 2.05) is 0 Å². The third-order valence-electron chi connectivity index (χ3n) is 10.7. The van der Waals surface area contributed by atoms with Gasteiger partial charge in [0.25, 0.3) is 0 Å². The zero-order chi connectivity index (χ0) is 34.4. The topological polar surface area (TPSA) is 8.17 Å². The van der Waals surface area contributed by atoms with E-state index in [0.29, 0.717) is 5.92 Å². The van der Waals surface area contributed by atoms with Crippen LogP contribution in [0.1, 0.15) is 17.9 Å². The minimum absolute atomic E-state index is 0.338. The van der Waals surface area contributed by atoms with Crippen LogP contribution in [0.4, 0.5) is 11.4 Å². The zero-order valence-electron chi connectivity index (χ0n) is 28.7. The van der Waals surface area contributed by atoms with Gasteiger partial charge >= 0.3 is 0 Å². The van der Waals surface area contributed by atoms with Crippen LogP contribution in [0.25, 0.3) is 60.2 Å². The Morgan fingerprint density at radius 1 is 0.481 bits per heavy atom. The van der Waals surface area contributed by atoms with Crippen LogP contribution in [0, 0.1) is 0 Å². The first-order valence-corrected chi connectivity index (χ1v) is 18.1. The fourth-order valence-electron chi connectivity index (χ4n) is 8.26. The van der Waals surface area contributed by atoms with Crippen molar-refractivity contribution in [3.05, 3.63) is 211 Å². The Morgan fingerprint density at radius 2 is 1.19 bits per heavy atom. The second-order valence-electron chi connectivity index (χ2n) is 13.7. The Morgan fingerprint density at radius 3 is 2.04 bits per heavy atom. The normalized spacial score (nSPS) is 14.3. The molecule has 0 N–H and O–H groups in total. The van der Waals surface area contributed by atoms with Crippen molar-refractivity contribution in [3.8, 4) is 16.8 Å². The van der Waals surface area contributed by atoms with Crippen molar-refractivity contribution in [3.63, 3.8) is 0 Å². The second kappa shape index (κ2) is 12.6. The van der Waals surface area contributed by atoms with Gasteiger partial charge in [0.1, 0.15) is 0 Å². The summed E-state index contributed by atoms with van der Waals surface area (Å²) in [6.07, 6.45) is 8.04. The molecule has 10 rings (SSSR count). The fraction of sp³-hybridized carbons (Fsp3) is 0.0400. The van der Waals surface area contributed by atoms with Crippen molar-refractivity contribution in [1.29, 1.82) is 0 Å². The smallest absolute Gasteiger partial charge is 0.0547 e. The molecule has 1 heterocycles. The lowest BCUT2D eigenvalue weighted by Crippen LogP contribution is -2.17. The van der Waals surface area contributed by atoms with Gasteiger partial charge in [0.2, 0.25) is 0 Å². The van der Waals surface area contributed by atoms with Gasteiger partial charge in [-0.1, -0.05) is 140 Å². The molecule has 1 aromatic heterocycles. The number of nitrogens with zero attached hydrogens (tertiary/aromatic N) is 2. The fourth-order valence-corrected chi connectivity index (χ4v) is 8.26. The van der Waals surface area contributed by atoms with E-state index < -0.39 is 0 Å². The molecule has 1 atom stereocenters. The lowest BCUT2D eigenvalue weighted by molar-refractivity contribution is 0.847. The van der Waals surface area contributed by atoms with E-state index in [4.69, 9.17) is 0 Å². The molecule has 0 spiro atoms. The van der Waals surface area contributed by atoms with Crippen molar-refractivity contribution < 1.29 is 0 Å². The lowest BCUT2D eigenvalue weighted by atomic mass is 9.88. The highest BCUT2D eigenvalue weighted by atomic mass is 15.1. The highest BCUT2D eigenvalue weighted by Crippen LogP contribution is 2.40. The third kappa shape index (κ3) is 5.11. The number of hydrogen-bond donors (Lipinski definition) is 0. The molecule has 1 aliphatic rings. The predicted octanol–water partition coefficient (Wildman–Crippen LogP) is 13.5. The Hall–Kier alpha value is -6.64. The van der Waals surface area contributed by atoms with Gasteiger partial charge in [0, 0.05) is 39.4 Å². The van der Waals surface area contributed by atoms with Crippen molar-refractivity contribution in [2.75, 3.05) is 4.90 Å². The molecule has 2 nitrogen and oxygen atoms in total. The van der Waals surface area contributed by atoms with Crippen LogP contribution in [0.5, 0.6) is 0 Å². The maximum Gasteiger partial charge on any atom is 0.0547 e. The van der Waals surface area contributed by atoms with Crippen LogP contribution in [-0.4, -0.2) is 4.57 Å². The average Bonchev–Trinajstić information content (AvgIpc) is 3.56. The molecule has 8 aromatic carbocycles. The first-order chi connectivity index (χ1) is 25.8. The number of anilines is 2. The summed E-state index contributed by atoms with van der Waals surface area (Å²) in [6, 6.07) is 66.1. The van der Waals surface area contributed by atoms with Crippen molar-refractivity contribution in [2.24, 2.45) is 0 Å². The van der Waals surface area contributed by atoms with Crippen molar-refractivity contribution in [2.45, 2.75) is 12.3 Å². The van der Waals surface area contributed by atoms with E-state index in [0.717, 1.165) is 17.8 Å². The molecule has 1 unspecified atom stereocenters. The van der Waals surface area contributed by atoms with E-state index in [-0.39, 0.29) is 0 Å². The summed E-state index contributed by atoms with van der Waals surface area (Å²) < 4.78 is 2.39. The molecule has 0 bridgehead atoms. The van der Waals surface area contributed by atoms with E-state index in [2.05, 4.69) is 210 Å². The minimum atomic E-state index is 0.338. The van der Waals surface area contributed by atoms with Gasteiger partial charge in [-0.05, 0) is 105 Å². The Balaban J connectivity index is 1.03. The van der Waals surface area contributed by atoms with Gasteiger partial charge in [0.05, 0.1) is 11.0 Å². The van der Waals surface area contributed by atoms with Crippen molar-refractivity contribution in [1.82, 2.24) is 4.57 Å². The monoisotopic (exact) mass is 664 g/mol. The number of para-hydroxylation sites is 3. The summed E-state index contributed by atoms with van der Waals surface area (Å²) in [6.45, 7) is 0. The number of aromatic nitrogens is 1. The molecule has 0 amide bonds. The summed E-state index contributed by atoms with van der Waals surface area (Å²) in [7, 11) is 0. The highest BCUT2D eigenvalue weighted by Gasteiger charge is 2.20. The molecule has 0 fully saturated rings. The minimum Gasteiger partial charge on any atom is -0.311 e. The molecule has 0 radical (unpaired) electrons. The molecule has 9 aromatic rings. The Labute approximate surface area is 303 Å². The Kier molecular flexibility index (Phi) is 7.32. The van der Waals surface area contributed by atoms with Crippen LogP contribution in [0.2, 0.25) is 0 Å². The molecular formula is C50H36N2. The third-order valence-corrected chi connectivity index (χ3v) is 10.7. The molecule has 246 valence electrons. The number of rotatable bonds is 6. The van der Waals surface area contributed by atoms with E-state index >= 15 is 0 Å². The summed E-state index contributed by atoms with van der Waals surface area (Å²) >= 11 is 0. The van der Waals surface area contributed by atoms with Crippen LogP contribution in [0.15, 0.2) is 206 Å². The maximum atomic E-state index is 2.40. The largest absolute Gasteiger partial charge is 0.311 e. The van der Waals surface area contributed by atoms with E-state index in [1.165, 1.54) is 71.4 Å². The van der Waals surface area contributed by atoms with Gasteiger partial charge in [-0.25, -0.2) is 0 Å². The molecule has 0 saturated heterocycles. The summed E-state index contributed by atoms with van der Waals surface area (Å²) in [5.74, 6) is 0.338. The lowest BCUT2D eigenvalue weighted by Gasteiger charge is -2.29. The zero-order valence-corrected chi connectivity index (χ0v) is 28.7. The summed E-state index contributed by atoms with van der Waals surface area (Å²) in [5.41, 5.74) is 10.9. The predicted molar refractivity (Wildman–Crippen MR) is 221 cm³/mol. The van der Waals surface area contributed by atoms with Gasteiger partial charge in [0.15, 0.2) is 0 Å².